The Kier molecular flexibility index (Phi) is 10.4. The van der Waals surface area contributed by atoms with E-state index in [0.29, 0.717) is 43.8 Å². The molecule has 0 bridgehead atoms. The third-order valence-electron chi connectivity index (χ3n) is 6.86. The molecule has 1 unspecified atom stereocenters. The number of pyridine rings is 1. The molecule has 1 amide bonds. The van der Waals surface area contributed by atoms with E-state index in [9.17, 15) is 9.59 Å². The number of likely N-dealkylation sites (N-methyl/N-ethyl adjacent to an activating group) is 1. The summed E-state index contributed by atoms with van der Waals surface area (Å²) in [4.78, 5) is 41.8. The van der Waals surface area contributed by atoms with E-state index in [4.69, 9.17) is 9.98 Å². The summed E-state index contributed by atoms with van der Waals surface area (Å²) in [5.41, 5.74) is 3.54. The SMILES string of the molecule is C=C1NC(=NCC(C)CC(C)=O)NC(=NCc2ccccc2-c2nccc3cc(NC(=O)/C=C/CN(C)C)ccc23)N1C. The first-order valence-corrected chi connectivity index (χ1v) is 14.2. The minimum atomic E-state index is -0.169. The van der Waals surface area contributed by atoms with Gasteiger partial charge in [-0.15, -0.1) is 0 Å². The lowest BCUT2D eigenvalue weighted by Crippen LogP contribution is -2.55. The Hall–Kier alpha value is -4.83. The van der Waals surface area contributed by atoms with Crippen molar-refractivity contribution >= 4 is 40.1 Å². The molecule has 10 nitrogen and oxygen atoms in total. The lowest BCUT2D eigenvalue weighted by Gasteiger charge is -2.31. The van der Waals surface area contributed by atoms with Crippen molar-refractivity contribution in [2.75, 3.05) is 39.5 Å². The number of ketones is 1. The van der Waals surface area contributed by atoms with Gasteiger partial charge in [0.15, 0.2) is 0 Å². The fourth-order valence-electron chi connectivity index (χ4n) is 4.67. The molecule has 1 atom stereocenters. The quantitative estimate of drug-likeness (QED) is 0.289. The smallest absolute Gasteiger partial charge is 0.248 e. The van der Waals surface area contributed by atoms with Crippen molar-refractivity contribution < 1.29 is 9.59 Å². The van der Waals surface area contributed by atoms with E-state index in [1.54, 1.807) is 19.2 Å². The largest absolute Gasteiger partial charge is 0.323 e. The zero-order valence-electron chi connectivity index (χ0n) is 25.5. The molecule has 1 saturated heterocycles. The molecule has 43 heavy (non-hydrogen) atoms. The molecular weight excluding hydrogens is 540 g/mol. The maximum Gasteiger partial charge on any atom is 0.248 e. The van der Waals surface area contributed by atoms with Crippen LogP contribution < -0.4 is 16.0 Å². The molecule has 0 radical (unpaired) electrons. The van der Waals surface area contributed by atoms with E-state index < -0.39 is 0 Å². The standard InChI is InChI=1S/C33H40N8O2/c1-22(18-23(2)42)20-35-32-37-24(3)41(6)33(39-32)36-21-26-10-7-8-11-28(26)31-29-14-13-27(19-25(29)15-16-34-31)38-30(43)12-9-17-40(4)5/h7-16,19,22H,3,17-18,20-21H2,1-2,4-6H3,(H,38,43)(H2,35,36,37,39)/b12-9+. The number of rotatable bonds is 11. The van der Waals surface area contributed by atoms with Crippen molar-refractivity contribution in [3.05, 3.63) is 84.8 Å². The minimum Gasteiger partial charge on any atom is -0.323 e. The van der Waals surface area contributed by atoms with Crippen LogP contribution in [0.4, 0.5) is 5.69 Å². The van der Waals surface area contributed by atoms with Crippen molar-refractivity contribution in [3.63, 3.8) is 0 Å². The number of carbonyl (C=O) groups is 2. The third kappa shape index (κ3) is 8.59. The Labute approximate surface area is 253 Å². The Balaban J connectivity index is 1.55. The minimum absolute atomic E-state index is 0.138. The van der Waals surface area contributed by atoms with Gasteiger partial charge < -0.3 is 25.2 Å². The number of anilines is 1. The van der Waals surface area contributed by atoms with E-state index >= 15 is 0 Å². The monoisotopic (exact) mass is 580 g/mol. The van der Waals surface area contributed by atoms with Crippen molar-refractivity contribution in [1.29, 1.82) is 0 Å². The van der Waals surface area contributed by atoms with Crippen LogP contribution in [0, 0.1) is 5.92 Å². The number of Topliss-reactive ketones (excluding diaryl/α,β-unsaturated/α-hetero) is 1. The second-order valence-corrected chi connectivity index (χ2v) is 11.0. The zero-order valence-corrected chi connectivity index (χ0v) is 25.5. The van der Waals surface area contributed by atoms with Gasteiger partial charge in [0, 0.05) is 55.5 Å². The first kappa shape index (κ1) is 31.1. The zero-order chi connectivity index (χ0) is 30.9. The van der Waals surface area contributed by atoms with Gasteiger partial charge in [-0.05, 0) is 56.1 Å². The number of hydrogen-bond donors (Lipinski definition) is 3. The molecule has 1 aromatic heterocycles. The van der Waals surface area contributed by atoms with Crippen LogP contribution in [-0.4, -0.2) is 72.6 Å². The van der Waals surface area contributed by atoms with Crippen molar-refractivity contribution in [1.82, 2.24) is 25.4 Å². The molecule has 224 valence electrons. The number of aromatic nitrogens is 1. The van der Waals surface area contributed by atoms with Gasteiger partial charge in [0.05, 0.1) is 12.2 Å². The fourth-order valence-corrected chi connectivity index (χ4v) is 4.67. The lowest BCUT2D eigenvalue weighted by atomic mass is 9.99. The average molecular weight is 581 g/mol. The number of amides is 1. The van der Waals surface area contributed by atoms with Crippen molar-refractivity contribution in [2.24, 2.45) is 15.9 Å². The number of nitrogens with zero attached hydrogens (tertiary/aromatic N) is 5. The molecule has 3 aromatic rings. The van der Waals surface area contributed by atoms with Crippen LogP contribution in [0.2, 0.25) is 0 Å². The fraction of sp³-hybridized carbons (Fsp3) is 0.303. The number of hydrogen-bond acceptors (Lipinski definition) is 6. The third-order valence-corrected chi connectivity index (χ3v) is 6.86. The molecule has 3 N–H and O–H groups in total. The molecule has 2 heterocycles. The number of fused-ring (bicyclic) bond motifs is 1. The number of aliphatic imine (C=N–C) groups is 2. The molecule has 0 saturated carbocycles. The molecule has 0 spiro atoms. The number of carbonyl (C=O) groups excluding carboxylic acids is 2. The van der Waals surface area contributed by atoms with Crippen LogP contribution in [0.3, 0.4) is 0 Å². The van der Waals surface area contributed by atoms with Gasteiger partial charge in [0.25, 0.3) is 0 Å². The maximum absolute atomic E-state index is 12.4. The maximum atomic E-state index is 12.4. The topological polar surface area (TPSA) is 114 Å². The van der Waals surface area contributed by atoms with E-state index in [1.807, 2.05) is 92.5 Å². The second-order valence-electron chi connectivity index (χ2n) is 11.0. The number of guanidine groups is 2. The average Bonchev–Trinajstić information content (AvgIpc) is 2.96. The first-order chi connectivity index (χ1) is 20.6. The highest BCUT2D eigenvalue weighted by molar-refractivity contribution is 6.03. The summed E-state index contributed by atoms with van der Waals surface area (Å²) in [7, 11) is 5.78. The van der Waals surface area contributed by atoms with Gasteiger partial charge in [0.1, 0.15) is 11.6 Å². The van der Waals surface area contributed by atoms with Gasteiger partial charge in [0.2, 0.25) is 17.8 Å². The van der Waals surface area contributed by atoms with Gasteiger partial charge in [-0.2, -0.15) is 0 Å². The van der Waals surface area contributed by atoms with E-state index in [-0.39, 0.29) is 17.6 Å². The van der Waals surface area contributed by atoms with E-state index in [0.717, 1.165) is 33.3 Å². The molecule has 1 aliphatic heterocycles. The predicted octanol–water partition coefficient (Wildman–Crippen LogP) is 4.38. The number of benzene rings is 2. The molecule has 10 heteroatoms. The molecule has 4 rings (SSSR count). The molecular formula is C33H40N8O2. The van der Waals surface area contributed by atoms with Gasteiger partial charge in [-0.1, -0.05) is 49.9 Å². The van der Waals surface area contributed by atoms with E-state index in [2.05, 4.69) is 27.5 Å². The van der Waals surface area contributed by atoms with Crippen LogP contribution in [-0.2, 0) is 16.1 Å². The summed E-state index contributed by atoms with van der Waals surface area (Å²) in [5.74, 6) is 1.94. The molecule has 1 fully saturated rings. The highest BCUT2D eigenvalue weighted by Crippen LogP contribution is 2.31. The number of nitrogens with one attached hydrogen (secondary N) is 3. The van der Waals surface area contributed by atoms with Crippen LogP contribution in [0.5, 0.6) is 0 Å². The van der Waals surface area contributed by atoms with Gasteiger partial charge in [-0.3, -0.25) is 20.1 Å². The normalized spacial score (nSPS) is 16.1. The molecule has 2 aromatic carbocycles. The van der Waals surface area contributed by atoms with Crippen LogP contribution in [0.25, 0.3) is 22.0 Å². The Bertz CT molecular complexity index is 1590. The van der Waals surface area contributed by atoms with Gasteiger partial charge >= 0.3 is 0 Å². The first-order valence-electron chi connectivity index (χ1n) is 14.2. The predicted molar refractivity (Wildman–Crippen MR) is 175 cm³/mol. The summed E-state index contributed by atoms with van der Waals surface area (Å²) >= 11 is 0. The Morgan fingerprint density at radius 3 is 2.70 bits per heavy atom. The molecule has 1 aliphatic rings. The van der Waals surface area contributed by atoms with Crippen LogP contribution in [0.15, 0.2) is 89.3 Å². The molecule has 0 aliphatic carbocycles. The Morgan fingerprint density at radius 1 is 1.14 bits per heavy atom. The summed E-state index contributed by atoms with van der Waals surface area (Å²) in [6.45, 7) is 9.29. The van der Waals surface area contributed by atoms with E-state index in [1.165, 1.54) is 0 Å². The van der Waals surface area contributed by atoms with Gasteiger partial charge in [-0.25, -0.2) is 4.99 Å². The lowest BCUT2D eigenvalue weighted by molar-refractivity contribution is -0.117. The summed E-state index contributed by atoms with van der Waals surface area (Å²) in [5, 5.41) is 11.3. The van der Waals surface area contributed by atoms with Crippen molar-refractivity contribution in [2.45, 2.75) is 26.8 Å². The van der Waals surface area contributed by atoms with Crippen molar-refractivity contribution in [3.8, 4) is 11.3 Å². The Morgan fingerprint density at radius 2 is 1.93 bits per heavy atom. The summed E-state index contributed by atoms with van der Waals surface area (Å²) in [6, 6.07) is 15.9. The highest BCUT2D eigenvalue weighted by Gasteiger charge is 2.20. The summed E-state index contributed by atoms with van der Waals surface area (Å²) < 4.78 is 0. The van der Waals surface area contributed by atoms with Crippen LogP contribution in [0.1, 0.15) is 25.8 Å². The second kappa shape index (κ2) is 14.4. The highest BCUT2D eigenvalue weighted by atomic mass is 16.1. The summed E-state index contributed by atoms with van der Waals surface area (Å²) in [6.07, 6.45) is 5.65. The van der Waals surface area contributed by atoms with Crippen LogP contribution >= 0.6 is 0 Å².